The summed E-state index contributed by atoms with van der Waals surface area (Å²) in [5, 5.41) is 29.2. The van der Waals surface area contributed by atoms with Crippen molar-refractivity contribution in [3.05, 3.63) is 82.2 Å². The monoisotopic (exact) mass is 686 g/mol. The summed E-state index contributed by atoms with van der Waals surface area (Å²) >= 11 is 0. The predicted octanol–water partition coefficient (Wildman–Crippen LogP) is 5.12. The molecule has 0 bridgehead atoms. The summed E-state index contributed by atoms with van der Waals surface area (Å²) in [6, 6.07) is 18.1. The van der Waals surface area contributed by atoms with Crippen molar-refractivity contribution < 1.29 is 28.6 Å². The Labute approximate surface area is 294 Å². The van der Waals surface area contributed by atoms with Crippen molar-refractivity contribution in [1.82, 2.24) is 24.7 Å². The van der Waals surface area contributed by atoms with Crippen molar-refractivity contribution in [2.45, 2.75) is 52.4 Å². The van der Waals surface area contributed by atoms with Crippen LogP contribution in [0.3, 0.4) is 0 Å². The molecule has 0 unspecified atom stereocenters. The Balaban J connectivity index is 1.02. The maximum atomic E-state index is 13.0. The van der Waals surface area contributed by atoms with Gasteiger partial charge in [-0.1, -0.05) is 24.3 Å². The second kappa shape index (κ2) is 13.1. The molecule has 5 heterocycles. The van der Waals surface area contributed by atoms with Gasteiger partial charge in [0.05, 0.1) is 37.2 Å². The molecule has 0 aliphatic carbocycles. The number of rotatable bonds is 8. The molecule has 2 saturated heterocycles. The SMILES string of the molecule is Cc1c(-c2nc3c(o2)CN(C(=O)CN2CC[C@H](C(=O)O)C2)C3)cccc1-c1cccc(-c2nc3cc(CN4CC[C@@H](O)C4)cc(C#N)c3o2)c1C. The van der Waals surface area contributed by atoms with E-state index < -0.39 is 11.9 Å². The summed E-state index contributed by atoms with van der Waals surface area (Å²) in [7, 11) is 0. The van der Waals surface area contributed by atoms with Gasteiger partial charge in [0.1, 0.15) is 23.0 Å². The third-order valence-corrected chi connectivity index (χ3v) is 10.5. The number of fused-ring (bicyclic) bond motifs is 2. The number of aliphatic carboxylic acids is 1. The number of carboxylic acids is 1. The first-order chi connectivity index (χ1) is 24.6. The number of benzene rings is 3. The van der Waals surface area contributed by atoms with Crippen LogP contribution in [0.25, 0.3) is 45.1 Å². The van der Waals surface area contributed by atoms with E-state index in [1.54, 1.807) is 4.90 Å². The summed E-state index contributed by atoms with van der Waals surface area (Å²) in [5.74, 6) is 0.323. The molecular weight excluding hydrogens is 648 g/mol. The zero-order valence-corrected chi connectivity index (χ0v) is 28.6. The van der Waals surface area contributed by atoms with E-state index in [9.17, 15) is 25.1 Å². The number of carbonyl (C=O) groups excluding carboxylic acids is 1. The molecule has 8 rings (SSSR count). The maximum absolute atomic E-state index is 13.0. The normalized spacial score (nSPS) is 19.2. The van der Waals surface area contributed by atoms with Gasteiger partial charge in [-0.3, -0.25) is 19.4 Å². The molecule has 260 valence electrons. The Bertz CT molecular complexity index is 2210. The average Bonchev–Trinajstić information content (AvgIpc) is 3.94. The number of nitrogens with zero attached hydrogens (tertiary/aromatic N) is 6. The Kier molecular flexibility index (Phi) is 8.42. The van der Waals surface area contributed by atoms with Crippen LogP contribution in [0.2, 0.25) is 0 Å². The fraction of sp³-hybridized carbons (Fsp3) is 0.359. The molecular formula is C39H38N6O6. The Morgan fingerprint density at radius 1 is 0.902 bits per heavy atom. The van der Waals surface area contributed by atoms with E-state index >= 15 is 0 Å². The van der Waals surface area contributed by atoms with E-state index in [0.29, 0.717) is 79.9 Å². The molecule has 0 spiro atoms. The van der Waals surface area contributed by atoms with Crippen molar-refractivity contribution in [3.63, 3.8) is 0 Å². The quantitative estimate of drug-likeness (QED) is 0.223. The highest BCUT2D eigenvalue weighted by Crippen LogP contribution is 2.39. The Morgan fingerprint density at radius 3 is 2.22 bits per heavy atom. The number of aliphatic hydroxyl groups excluding tert-OH is 1. The van der Waals surface area contributed by atoms with E-state index in [-0.39, 0.29) is 18.6 Å². The molecule has 51 heavy (non-hydrogen) atoms. The first kappa shape index (κ1) is 32.8. The number of aliphatic hydroxyl groups is 1. The molecule has 3 aromatic carbocycles. The van der Waals surface area contributed by atoms with E-state index in [2.05, 4.69) is 23.1 Å². The maximum Gasteiger partial charge on any atom is 0.307 e. The summed E-state index contributed by atoms with van der Waals surface area (Å²) in [4.78, 5) is 39.8. The first-order valence-corrected chi connectivity index (χ1v) is 17.3. The van der Waals surface area contributed by atoms with Crippen LogP contribution in [0, 0.1) is 31.1 Å². The topological polar surface area (TPSA) is 160 Å². The smallest absolute Gasteiger partial charge is 0.307 e. The van der Waals surface area contributed by atoms with Crippen LogP contribution in [-0.2, 0) is 29.2 Å². The Hall–Kier alpha value is -5.35. The van der Waals surface area contributed by atoms with Gasteiger partial charge in [-0.15, -0.1) is 0 Å². The van der Waals surface area contributed by atoms with Gasteiger partial charge in [-0.2, -0.15) is 5.26 Å². The minimum Gasteiger partial charge on any atom is -0.481 e. The highest BCUT2D eigenvalue weighted by atomic mass is 16.4. The van der Waals surface area contributed by atoms with Gasteiger partial charge < -0.3 is 23.9 Å². The average molecular weight is 687 g/mol. The van der Waals surface area contributed by atoms with Crippen LogP contribution in [0.5, 0.6) is 0 Å². The van der Waals surface area contributed by atoms with E-state index in [1.165, 1.54) is 0 Å². The molecule has 2 aromatic heterocycles. The van der Waals surface area contributed by atoms with Crippen molar-refractivity contribution in [3.8, 4) is 40.1 Å². The number of oxazole rings is 2. The molecule has 0 saturated carbocycles. The highest BCUT2D eigenvalue weighted by Gasteiger charge is 2.33. The summed E-state index contributed by atoms with van der Waals surface area (Å²) in [6.07, 6.45) is 0.994. The van der Waals surface area contributed by atoms with E-state index in [4.69, 9.17) is 18.8 Å². The lowest BCUT2D eigenvalue weighted by molar-refractivity contribution is -0.141. The van der Waals surface area contributed by atoms with Crippen LogP contribution < -0.4 is 0 Å². The zero-order chi connectivity index (χ0) is 35.4. The fourth-order valence-corrected chi connectivity index (χ4v) is 7.71. The van der Waals surface area contributed by atoms with Gasteiger partial charge in [-0.05, 0) is 85.3 Å². The molecule has 2 atom stereocenters. The molecule has 5 aromatic rings. The lowest BCUT2D eigenvalue weighted by Gasteiger charge is -2.20. The minimum absolute atomic E-state index is 0.0598. The third-order valence-electron chi connectivity index (χ3n) is 10.5. The number of nitriles is 1. The van der Waals surface area contributed by atoms with E-state index in [1.807, 2.05) is 55.1 Å². The summed E-state index contributed by atoms with van der Waals surface area (Å²) in [5.41, 5.74) is 8.89. The van der Waals surface area contributed by atoms with Gasteiger partial charge in [0.15, 0.2) is 5.58 Å². The third kappa shape index (κ3) is 6.18. The van der Waals surface area contributed by atoms with Gasteiger partial charge in [0, 0.05) is 37.3 Å². The van der Waals surface area contributed by atoms with Gasteiger partial charge in [0.2, 0.25) is 17.7 Å². The molecule has 0 radical (unpaired) electrons. The number of likely N-dealkylation sites (tertiary alicyclic amines) is 2. The number of hydrogen-bond acceptors (Lipinski definition) is 10. The standard InChI is InChI=1S/C39H38N6O6/c1-22-28(5-3-7-30(22)37-42-33-19-45(20-34(33)50-37)35(47)21-44-11-9-25(17-44)39(48)49)29-6-4-8-31(23(29)2)38-41-32-14-24(13-26(15-40)36(32)51-38)16-43-12-10-27(46)18-43/h3-8,13-14,25,27,46H,9-12,16-21H2,1-2H3,(H,48,49)/t25-,27+/m0/s1. The first-order valence-electron chi connectivity index (χ1n) is 17.3. The number of aromatic nitrogens is 2. The van der Waals surface area contributed by atoms with E-state index in [0.717, 1.165) is 57.6 Å². The Morgan fingerprint density at radius 2 is 1.59 bits per heavy atom. The molecule has 12 nitrogen and oxygen atoms in total. The zero-order valence-electron chi connectivity index (χ0n) is 28.6. The number of carbonyl (C=O) groups is 2. The molecule has 2 N–H and O–H groups in total. The molecule has 3 aliphatic heterocycles. The molecule has 1 amide bonds. The van der Waals surface area contributed by atoms with Crippen molar-refractivity contribution in [2.75, 3.05) is 32.7 Å². The summed E-state index contributed by atoms with van der Waals surface area (Å²) in [6.45, 7) is 8.01. The van der Waals surface area contributed by atoms with Gasteiger partial charge >= 0.3 is 5.97 Å². The lowest BCUT2D eigenvalue weighted by Crippen LogP contribution is -2.37. The largest absolute Gasteiger partial charge is 0.481 e. The fourth-order valence-electron chi connectivity index (χ4n) is 7.71. The summed E-state index contributed by atoms with van der Waals surface area (Å²) < 4.78 is 12.5. The molecule has 12 heteroatoms. The lowest BCUT2D eigenvalue weighted by atomic mass is 9.91. The van der Waals surface area contributed by atoms with Crippen LogP contribution >= 0.6 is 0 Å². The van der Waals surface area contributed by atoms with Crippen LogP contribution in [0.4, 0.5) is 0 Å². The highest BCUT2D eigenvalue weighted by molar-refractivity contribution is 5.85. The van der Waals surface area contributed by atoms with Crippen LogP contribution in [0.1, 0.15) is 46.5 Å². The second-order valence-corrected chi connectivity index (χ2v) is 14.0. The molecule has 2 fully saturated rings. The number of carboxylic acid groups (broad SMARTS) is 1. The predicted molar refractivity (Wildman–Crippen MR) is 187 cm³/mol. The van der Waals surface area contributed by atoms with Gasteiger partial charge in [-0.25, -0.2) is 9.97 Å². The van der Waals surface area contributed by atoms with Gasteiger partial charge in [0.25, 0.3) is 0 Å². The number of amides is 1. The van der Waals surface area contributed by atoms with Crippen LogP contribution in [-0.4, -0.2) is 85.6 Å². The minimum atomic E-state index is -0.812. The van der Waals surface area contributed by atoms with Crippen molar-refractivity contribution >= 4 is 23.0 Å². The van der Waals surface area contributed by atoms with Crippen molar-refractivity contribution in [1.29, 1.82) is 5.26 Å². The molecule has 3 aliphatic rings. The number of β-amino-alcohol motifs (C(OH)–C–C–N with tert-alkyl or cyclic N) is 1. The van der Waals surface area contributed by atoms with Crippen molar-refractivity contribution in [2.24, 2.45) is 5.92 Å². The van der Waals surface area contributed by atoms with Crippen LogP contribution in [0.15, 0.2) is 57.4 Å². The second-order valence-electron chi connectivity index (χ2n) is 14.0. The number of hydrogen-bond donors (Lipinski definition) is 2.